The molecule has 2 saturated carbocycles. The molecule has 0 bridgehead atoms. The summed E-state index contributed by atoms with van der Waals surface area (Å²) < 4.78 is 3.94. The number of nitrogens with one attached hydrogen (secondary N) is 1. The van der Waals surface area contributed by atoms with Crippen LogP contribution in [0.2, 0.25) is 0 Å². The lowest BCUT2D eigenvalue weighted by Gasteiger charge is -2.25. The van der Waals surface area contributed by atoms with Crippen molar-refractivity contribution in [1.82, 2.24) is 9.69 Å². The maximum absolute atomic E-state index is 13.4. The Labute approximate surface area is 197 Å². The second-order valence-corrected chi connectivity index (χ2v) is 9.78. The van der Waals surface area contributed by atoms with Gasteiger partial charge in [0.2, 0.25) is 5.91 Å². The molecule has 0 radical (unpaired) electrons. The molecule has 0 atom stereocenters. The number of anilines is 2. The molecule has 5 N–H and O–H groups in total. The fourth-order valence-electron chi connectivity index (χ4n) is 4.88. The molecular weight excluding hydrogens is 438 g/mol. The minimum atomic E-state index is -0.787. The third-order valence-electron chi connectivity index (χ3n) is 6.70. The van der Waals surface area contributed by atoms with Gasteiger partial charge in [0.1, 0.15) is 11.4 Å². The maximum atomic E-state index is 13.4. The molecule has 33 heavy (non-hydrogen) atoms. The van der Waals surface area contributed by atoms with Gasteiger partial charge in [-0.2, -0.15) is 4.37 Å². The van der Waals surface area contributed by atoms with Gasteiger partial charge in [0.05, 0.1) is 5.69 Å². The number of aromatic nitrogens is 1. The molecule has 0 spiro atoms. The first-order valence-corrected chi connectivity index (χ1v) is 12.5. The van der Waals surface area contributed by atoms with Gasteiger partial charge in [-0.1, -0.05) is 44.2 Å². The van der Waals surface area contributed by atoms with Crippen LogP contribution in [-0.2, 0) is 4.79 Å². The summed E-state index contributed by atoms with van der Waals surface area (Å²) in [6, 6.07) is 8.02. The predicted octanol–water partition coefficient (Wildman–Crippen LogP) is 3.58. The third kappa shape index (κ3) is 5.35. The number of nitrogen functional groups attached to an aromatic ring is 1. The van der Waals surface area contributed by atoms with E-state index >= 15 is 0 Å². The topological polar surface area (TPSA) is 131 Å². The molecule has 176 valence electrons. The van der Waals surface area contributed by atoms with Gasteiger partial charge in [0, 0.05) is 11.7 Å². The van der Waals surface area contributed by atoms with E-state index in [0.717, 1.165) is 37.2 Å². The molecule has 2 fully saturated rings. The smallest absolute Gasteiger partial charge is 0.272 e. The molecule has 8 nitrogen and oxygen atoms in total. The largest absolute Gasteiger partial charge is 0.395 e. The zero-order chi connectivity index (χ0) is 23.4. The SMILES string of the molecule is NC(=O)c1nsc(C(=O)N(CC(=O)NC2CCCC2)c2ccc(C3CCCCC3)cc2)c1N. The van der Waals surface area contributed by atoms with E-state index in [1.807, 2.05) is 24.3 Å². The summed E-state index contributed by atoms with van der Waals surface area (Å²) in [5.41, 5.74) is 13.0. The van der Waals surface area contributed by atoms with Crippen LogP contribution in [0.1, 0.15) is 89.4 Å². The number of carbonyl (C=O) groups is 3. The van der Waals surface area contributed by atoms with Crippen LogP contribution in [0.5, 0.6) is 0 Å². The van der Waals surface area contributed by atoms with Crippen LogP contribution in [0.3, 0.4) is 0 Å². The van der Waals surface area contributed by atoms with Crippen LogP contribution in [0.4, 0.5) is 11.4 Å². The molecule has 2 aromatic rings. The van der Waals surface area contributed by atoms with Crippen LogP contribution in [-0.4, -0.2) is 34.7 Å². The molecule has 1 heterocycles. The number of nitrogens with zero attached hydrogens (tertiary/aromatic N) is 2. The monoisotopic (exact) mass is 469 g/mol. The first-order valence-electron chi connectivity index (χ1n) is 11.7. The standard InChI is InChI=1S/C24H31N5O3S/c25-20-21(23(26)31)28-33-22(20)24(32)29(14-19(30)27-17-8-4-5-9-17)18-12-10-16(11-13-18)15-6-2-1-3-7-15/h10-13,15,17H,1-9,14,25H2,(H2,26,31)(H,27,30). The molecule has 3 amide bonds. The molecule has 0 unspecified atom stereocenters. The Morgan fingerprint density at radius 1 is 1.00 bits per heavy atom. The summed E-state index contributed by atoms with van der Waals surface area (Å²) in [5.74, 6) is -0.933. The number of primary amides is 1. The number of hydrogen-bond acceptors (Lipinski definition) is 6. The van der Waals surface area contributed by atoms with Crippen molar-refractivity contribution < 1.29 is 14.4 Å². The van der Waals surface area contributed by atoms with Crippen molar-refractivity contribution in [1.29, 1.82) is 0 Å². The van der Waals surface area contributed by atoms with Gasteiger partial charge in [0.15, 0.2) is 5.69 Å². The highest BCUT2D eigenvalue weighted by atomic mass is 32.1. The van der Waals surface area contributed by atoms with E-state index in [1.165, 1.54) is 42.6 Å². The zero-order valence-corrected chi connectivity index (χ0v) is 19.5. The molecular formula is C24H31N5O3S. The first kappa shape index (κ1) is 23.2. The second-order valence-electron chi connectivity index (χ2n) is 9.00. The fraction of sp³-hybridized carbons (Fsp3) is 0.500. The summed E-state index contributed by atoms with van der Waals surface area (Å²) in [6.45, 7) is -0.138. The Kier molecular flexibility index (Phi) is 7.27. The average molecular weight is 470 g/mol. The van der Waals surface area contributed by atoms with Crippen LogP contribution in [0.15, 0.2) is 24.3 Å². The minimum absolute atomic E-state index is 0.0440. The van der Waals surface area contributed by atoms with Crippen LogP contribution >= 0.6 is 11.5 Å². The molecule has 2 aliphatic carbocycles. The van der Waals surface area contributed by atoms with E-state index in [0.29, 0.717) is 11.6 Å². The van der Waals surface area contributed by atoms with E-state index in [-0.39, 0.29) is 34.8 Å². The van der Waals surface area contributed by atoms with E-state index in [4.69, 9.17) is 11.5 Å². The number of carbonyl (C=O) groups excluding carboxylic acids is 3. The lowest BCUT2D eigenvalue weighted by Crippen LogP contribution is -2.43. The molecule has 0 saturated heterocycles. The first-order chi connectivity index (χ1) is 15.9. The second kappa shape index (κ2) is 10.3. The maximum Gasteiger partial charge on any atom is 0.272 e. The Morgan fingerprint density at radius 2 is 1.64 bits per heavy atom. The summed E-state index contributed by atoms with van der Waals surface area (Å²) in [5, 5.41) is 3.04. The van der Waals surface area contributed by atoms with Crippen molar-refractivity contribution in [3.63, 3.8) is 0 Å². The van der Waals surface area contributed by atoms with Gasteiger partial charge in [-0.25, -0.2) is 0 Å². The lowest BCUT2D eigenvalue weighted by molar-refractivity contribution is -0.120. The molecule has 2 aliphatic rings. The molecule has 1 aromatic heterocycles. The summed E-state index contributed by atoms with van der Waals surface area (Å²) in [6.07, 6.45) is 10.2. The Balaban J connectivity index is 1.58. The van der Waals surface area contributed by atoms with E-state index in [9.17, 15) is 14.4 Å². The lowest BCUT2D eigenvalue weighted by atomic mass is 9.84. The Hall–Kier alpha value is -2.94. The molecule has 1 aromatic carbocycles. The Morgan fingerprint density at radius 3 is 2.24 bits per heavy atom. The van der Waals surface area contributed by atoms with Crippen molar-refractivity contribution in [3.8, 4) is 0 Å². The van der Waals surface area contributed by atoms with Crippen LogP contribution in [0, 0.1) is 0 Å². The van der Waals surface area contributed by atoms with E-state index < -0.39 is 11.8 Å². The van der Waals surface area contributed by atoms with Gasteiger partial charge in [-0.05, 0) is 60.8 Å². The van der Waals surface area contributed by atoms with Crippen LogP contribution < -0.4 is 21.7 Å². The number of hydrogen-bond donors (Lipinski definition) is 3. The van der Waals surface area contributed by atoms with Crippen molar-refractivity contribution >= 4 is 40.6 Å². The van der Waals surface area contributed by atoms with Crippen molar-refractivity contribution in [3.05, 3.63) is 40.4 Å². The highest BCUT2D eigenvalue weighted by Gasteiger charge is 2.28. The van der Waals surface area contributed by atoms with Gasteiger partial charge >= 0.3 is 0 Å². The Bertz CT molecular complexity index is 1010. The molecule has 4 rings (SSSR count). The molecule has 0 aliphatic heterocycles. The number of amides is 3. The summed E-state index contributed by atoms with van der Waals surface area (Å²) >= 11 is 0.823. The quantitative estimate of drug-likeness (QED) is 0.570. The van der Waals surface area contributed by atoms with Crippen molar-refractivity contribution in [2.45, 2.75) is 69.7 Å². The highest BCUT2D eigenvalue weighted by Crippen LogP contribution is 2.34. The van der Waals surface area contributed by atoms with Gasteiger partial charge < -0.3 is 16.8 Å². The van der Waals surface area contributed by atoms with E-state index in [1.54, 1.807) is 0 Å². The number of nitrogens with two attached hydrogens (primary N) is 2. The fourth-order valence-corrected chi connectivity index (χ4v) is 5.64. The minimum Gasteiger partial charge on any atom is -0.395 e. The third-order valence-corrected chi connectivity index (χ3v) is 7.56. The average Bonchev–Trinajstić information content (AvgIpc) is 3.47. The molecule has 9 heteroatoms. The van der Waals surface area contributed by atoms with Gasteiger partial charge in [-0.15, -0.1) is 0 Å². The van der Waals surface area contributed by atoms with Crippen molar-refractivity contribution in [2.75, 3.05) is 17.2 Å². The van der Waals surface area contributed by atoms with Gasteiger partial charge in [0.25, 0.3) is 11.8 Å². The summed E-state index contributed by atoms with van der Waals surface area (Å²) in [7, 11) is 0. The van der Waals surface area contributed by atoms with Crippen LogP contribution in [0.25, 0.3) is 0 Å². The van der Waals surface area contributed by atoms with E-state index in [2.05, 4.69) is 9.69 Å². The predicted molar refractivity (Wildman–Crippen MR) is 129 cm³/mol. The highest BCUT2D eigenvalue weighted by molar-refractivity contribution is 7.09. The number of benzene rings is 1. The number of rotatable bonds is 7. The van der Waals surface area contributed by atoms with Crippen molar-refractivity contribution in [2.24, 2.45) is 5.73 Å². The summed E-state index contributed by atoms with van der Waals surface area (Å²) in [4.78, 5) is 39.3. The normalized spacial score (nSPS) is 17.1. The van der Waals surface area contributed by atoms with Gasteiger partial charge in [-0.3, -0.25) is 19.3 Å². The zero-order valence-electron chi connectivity index (χ0n) is 18.7.